The highest BCUT2D eigenvalue weighted by Crippen LogP contribution is 2.42. The monoisotopic (exact) mass is 398 g/mol. The van der Waals surface area contributed by atoms with Crippen LogP contribution in [0.15, 0.2) is 24.3 Å². The van der Waals surface area contributed by atoms with E-state index < -0.39 is 0 Å². The van der Waals surface area contributed by atoms with E-state index in [1.807, 2.05) is 0 Å². The summed E-state index contributed by atoms with van der Waals surface area (Å²) in [6.07, 6.45) is 34.9. The first kappa shape index (κ1) is 23.1. The Balaban J connectivity index is 1.25. The highest BCUT2D eigenvalue weighted by atomic mass is 14.4. The average Bonchev–Trinajstić information content (AvgIpc) is 2.77. The predicted octanol–water partition coefficient (Wildman–Crippen LogP) is 9.51. The Hall–Kier alpha value is -0.520. The van der Waals surface area contributed by atoms with Crippen molar-refractivity contribution in [1.82, 2.24) is 0 Å². The zero-order chi connectivity index (χ0) is 20.3. The SMILES string of the molecule is CC/C=C/[C@H]1CC[C@H](CC/C=C/C2CCC([C@H]3CC[C@H](CCC)CC3)CC2)CC1. The summed E-state index contributed by atoms with van der Waals surface area (Å²) in [5.41, 5.74) is 0. The molecule has 0 radical (unpaired) electrons. The van der Waals surface area contributed by atoms with Gasteiger partial charge in [-0.2, -0.15) is 0 Å². The molecule has 0 unspecified atom stereocenters. The molecular formula is C29H50. The molecule has 0 aromatic carbocycles. The average molecular weight is 399 g/mol. The zero-order valence-corrected chi connectivity index (χ0v) is 19.8. The van der Waals surface area contributed by atoms with Gasteiger partial charge in [0.15, 0.2) is 0 Å². The largest absolute Gasteiger partial charge is 0.0885 e. The van der Waals surface area contributed by atoms with Gasteiger partial charge in [-0.05, 0) is 119 Å². The van der Waals surface area contributed by atoms with Gasteiger partial charge in [-0.15, -0.1) is 0 Å². The van der Waals surface area contributed by atoms with Crippen LogP contribution in [-0.4, -0.2) is 0 Å². The van der Waals surface area contributed by atoms with Crippen molar-refractivity contribution >= 4 is 0 Å². The summed E-state index contributed by atoms with van der Waals surface area (Å²) < 4.78 is 0. The molecule has 0 bridgehead atoms. The smallest absolute Gasteiger partial charge is 0.0233 e. The Bertz CT molecular complexity index is 462. The molecule has 0 saturated heterocycles. The van der Waals surface area contributed by atoms with Gasteiger partial charge in [0.05, 0.1) is 0 Å². The van der Waals surface area contributed by atoms with Gasteiger partial charge in [0.25, 0.3) is 0 Å². The Morgan fingerprint density at radius 1 is 0.552 bits per heavy atom. The highest BCUT2D eigenvalue weighted by Gasteiger charge is 2.30. The lowest BCUT2D eigenvalue weighted by atomic mass is 9.68. The molecule has 3 saturated carbocycles. The lowest BCUT2D eigenvalue weighted by molar-refractivity contribution is 0.152. The third-order valence-corrected chi connectivity index (χ3v) is 8.76. The first-order chi connectivity index (χ1) is 14.3. The van der Waals surface area contributed by atoms with E-state index in [0.717, 1.165) is 35.5 Å². The van der Waals surface area contributed by atoms with E-state index in [4.69, 9.17) is 0 Å². The van der Waals surface area contributed by atoms with Crippen molar-refractivity contribution in [2.24, 2.45) is 35.5 Å². The normalized spacial score (nSPS) is 36.8. The molecule has 0 atom stereocenters. The summed E-state index contributed by atoms with van der Waals surface area (Å²) >= 11 is 0. The van der Waals surface area contributed by atoms with Gasteiger partial charge in [-0.25, -0.2) is 0 Å². The number of hydrogen-bond acceptors (Lipinski definition) is 0. The second-order valence-corrected chi connectivity index (χ2v) is 10.9. The summed E-state index contributed by atoms with van der Waals surface area (Å²) in [4.78, 5) is 0. The van der Waals surface area contributed by atoms with Crippen LogP contribution in [0.5, 0.6) is 0 Å². The zero-order valence-electron chi connectivity index (χ0n) is 19.8. The molecule has 29 heavy (non-hydrogen) atoms. The summed E-state index contributed by atoms with van der Waals surface area (Å²) in [7, 11) is 0. The van der Waals surface area contributed by atoms with Crippen LogP contribution in [0.4, 0.5) is 0 Å². The fourth-order valence-corrected chi connectivity index (χ4v) is 6.78. The van der Waals surface area contributed by atoms with Crippen LogP contribution in [-0.2, 0) is 0 Å². The Morgan fingerprint density at radius 3 is 1.62 bits per heavy atom. The van der Waals surface area contributed by atoms with Crippen molar-refractivity contribution in [2.45, 2.75) is 123 Å². The van der Waals surface area contributed by atoms with Gasteiger partial charge >= 0.3 is 0 Å². The maximum Gasteiger partial charge on any atom is -0.0233 e. The maximum absolute atomic E-state index is 2.62. The molecule has 166 valence electrons. The molecule has 0 nitrogen and oxygen atoms in total. The summed E-state index contributed by atoms with van der Waals surface area (Å²) in [5.74, 6) is 6.01. The van der Waals surface area contributed by atoms with Crippen molar-refractivity contribution in [3.8, 4) is 0 Å². The highest BCUT2D eigenvalue weighted by molar-refractivity contribution is 4.94. The second kappa shape index (κ2) is 13.0. The third-order valence-electron chi connectivity index (χ3n) is 8.76. The van der Waals surface area contributed by atoms with Gasteiger partial charge in [0.1, 0.15) is 0 Å². The van der Waals surface area contributed by atoms with E-state index in [-0.39, 0.29) is 0 Å². The summed E-state index contributed by atoms with van der Waals surface area (Å²) in [5, 5.41) is 0. The molecule has 0 aromatic heterocycles. The van der Waals surface area contributed by atoms with Crippen molar-refractivity contribution in [3.05, 3.63) is 24.3 Å². The van der Waals surface area contributed by atoms with Gasteiger partial charge in [0, 0.05) is 0 Å². The first-order valence-electron chi connectivity index (χ1n) is 13.6. The molecule has 3 aliphatic rings. The fourth-order valence-electron chi connectivity index (χ4n) is 6.78. The molecule has 0 heteroatoms. The molecular weight excluding hydrogens is 348 g/mol. The molecule has 3 aliphatic carbocycles. The Morgan fingerprint density at radius 2 is 1.03 bits per heavy atom. The minimum Gasteiger partial charge on any atom is -0.0885 e. The second-order valence-electron chi connectivity index (χ2n) is 10.9. The standard InChI is InChI=1S/C29H50/c1-3-5-9-25-12-14-26(15-13-25)10-6-7-11-27-18-22-29(23-19-27)28-20-16-24(8-4-2)17-21-28/h5,7,9,11,24-29H,3-4,6,8,10,12-23H2,1-2H3/b9-5+,11-7+/t24-,25-,26-,27?,28-,29?. The first-order valence-corrected chi connectivity index (χ1v) is 13.6. The van der Waals surface area contributed by atoms with E-state index in [1.54, 1.807) is 12.8 Å². The van der Waals surface area contributed by atoms with Crippen molar-refractivity contribution in [1.29, 1.82) is 0 Å². The molecule has 0 N–H and O–H groups in total. The number of hydrogen-bond donors (Lipinski definition) is 0. The topological polar surface area (TPSA) is 0 Å². The van der Waals surface area contributed by atoms with Crippen LogP contribution in [0.25, 0.3) is 0 Å². The van der Waals surface area contributed by atoms with Crippen molar-refractivity contribution in [2.75, 3.05) is 0 Å². The van der Waals surface area contributed by atoms with Gasteiger partial charge in [0.2, 0.25) is 0 Å². The van der Waals surface area contributed by atoms with E-state index in [1.165, 1.54) is 96.3 Å². The molecule has 0 aromatic rings. The van der Waals surface area contributed by atoms with Gasteiger partial charge < -0.3 is 0 Å². The van der Waals surface area contributed by atoms with E-state index in [0.29, 0.717) is 0 Å². The quantitative estimate of drug-likeness (QED) is 0.339. The number of rotatable bonds is 9. The van der Waals surface area contributed by atoms with Crippen LogP contribution >= 0.6 is 0 Å². The summed E-state index contributed by atoms with van der Waals surface area (Å²) in [6, 6.07) is 0. The van der Waals surface area contributed by atoms with Gasteiger partial charge in [-0.3, -0.25) is 0 Å². The molecule has 0 spiro atoms. The van der Waals surface area contributed by atoms with E-state index >= 15 is 0 Å². The maximum atomic E-state index is 2.62. The third kappa shape index (κ3) is 7.91. The minimum atomic E-state index is 0.888. The Labute approximate surface area is 183 Å². The molecule has 0 aliphatic heterocycles. The molecule has 0 heterocycles. The van der Waals surface area contributed by atoms with E-state index in [9.17, 15) is 0 Å². The fraction of sp³-hybridized carbons (Fsp3) is 0.862. The predicted molar refractivity (Wildman–Crippen MR) is 129 cm³/mol. The summed E-state index contributed by atoms with van der Waals surface area (Å²) in [6.45, 7) is 4.61. The number of allylic oxidation sites excluding steroid dienone is 4. The van der Waals surface area contributed by atoms with Crippen LogP contribution in [0, 0.1) is 35.5 Å². The minimum absolute atomic E-state index is 0.888. The van der Waals surface area contributed by atoms with Crippen LogP contribution < -0.4 is 0 Å². The van der Waals surface area contributed by atoms with Crippen molar-refractivity contribution < 1.29 is 0 Å². The Kier molecular flexibility index (Phi) is 10.4. The molecule has 3 fully saturated rings. The van der Waals surface area contributed by atoms with Gasteiger partial charge in [-0.1, -0.05) is 63.8 Å². The molecule has 3 rings (SSSR count). The van der Waals surface area contributed by atoms with Crippen LogP contribution in [0.3, 0.4) is 0 Å². The van der Waals surface area contributed by atoms with Crippen LogP contribution in [0.2, 0.25) is 0 Å². The molecule has 0 amide bonds. The van der Waals surface area contributed by atoms with E-state index in [2.05, 4.69) is 38.2 Å². The lowest BCUT2D eigenvalue weighted by Crippen LogP contribution is -2.25. The van der Waals surface area contributed by atoms with Crippen molar-refractivity contribution in [3.63, 3.8) is 0 Å². The van der Waals surface area contributed by atoms with Crippen LogP contribution in [0.1, 0.15) is 123 Å². The lowest BCUT2D eigenvalue weighted by Gasteiger charge is -2.37.